The maximum atomic E-state index is 12.4. The lowest BCUT2D eigenvalue weighted by Crippen LogP contribution is -2.22. The van der Waals surface area contributed by atoms with Crippen LogP contribution in [0.15, 0.2) is 96.4 Å². The van der Waals surface area contributed by atoms with Gasteiger partial charge in [-0.1, -0.05) is 66.7 Å². The first kappa shape index (κ1) is 22.1. The average Bonchev–Trinajstić information content (AvgIpc) is 2.87. The number of ether oxygens (including phenoxy) is 3. The van der Waals surface area contributed by atoms with Crippen LogP contribution in [0.2, 0.25) is 0 Å². The van der Waals surface area contributed by atoms with Crippen molar-refractivity contribution in [1.82, 2.24) is 0 Å². The number of rotatable bonds is 5. The molecule has 0 aliphatic carbocycles. The third kappa shape index (κ3) is 4.28. The van der Waals surface area contributed by atoms with Crippen LogP contribution in [0.25, 0.3) is 10.8 Å². The monoisotopic (exact) mass is 462 g/mol. The molecule has 1 aliphatic rings. The Labute approximate surface area is 202 Å². The molecule has 1 atom stereocenters. The predicted molar refractivity (Wildman–Crippen MR) is 132 cm³/mol. The van der Waals surface area contributed by atoms with E-state index >= 15 is 0 Å². The van der Waals surface area contributed by atoms with Crippen LogP contribution in [0, 0.1) is 18.3 Å². The molecular formula is C29H22N2O4. The Hall–Kier alpha value is -4.76. The number of benzene rings is 4. The summed E-state index contributed by atoms with van der Waals surface area (Å²) in [5, 5.41) is 12.0. The molecule has 5 rings (SSSR count). The highest BCUT2D eigenvalue weighted by Gasteiger charge is 2.32. The molecule has 4 aromatic rings. The van der Waals surface area contributed by atoms with Gasteiger partial charge in [0.05, 0.1) is 5.92 Å². The number of hydrogen-bond donors (Lipinski definition) is 1. The van der Waals surface area contributed by atoms with Crippen molar-refractivity contribution in [3.05, 3.63) is 113 Å². The van der Waals surface area contributed by atoms with Crippen LogP contribution in [0.5, 0.6) is 17.2 Å². The van der Waals surface area contributed by atoms with E-state index in [2.05, 4.69) is 6.07 Å². The molecule has 0 aromatic heterocycles. The van der Waals surface area contributed by atoms with Gasteiger partial charge in [-0.3, -0.25) is 0 Å². The van der Waals surface area contributed by atoms with E-state index in [0.29, 0.717) is 22.8 Å². The van der Waals surface area contributed by atoms with Crippen molar-refractivity contribution < 1.29 is 19.0 Å². The summed E-state index contributed by atoms with van der Waals surface area (Å²) in [5.74, 6) is 0.429. The summed E-state index contributed by atoms with van der Waals surface area (Å²) in [7, 11) is 0. The van der Waals surface area contributed by atoms with Crippen LogP contribution >= 0.6 is 0 Å². The Balaban J connectivity index is 1.44. The number of para-hydroxylation sites is 1. The smallest absolute Gasteiger partial charge is 0.349 e. The van der Waals surface area contributed by atoms with Gasteiger partial charge in [-0.2, -0.15) is 5.26 Å². The molecule has 0 saturated heterocycles. The number of allylic oxidation sites excluding steroid dienone is 1. The average molecular weight is 463 g/mol. The number of esters is 1. The number of carbonyl (C=O) groups is 1. The summed E-state index contributed by atoms with van der Waals surface area (Å²) in [6, 6.07) is 28.7. The van der Waals surface area contributed by atoms with Gasteiger partial charge < -0.3 is 19.9 Å². The van der Waals surface area contributed by atoms with Crippen molar-refractivity contribution in [2.24, 2.45) is 5.73 Å². The first-order valence-corrected chi connectivity index (χ1v) is 11.1. The van der Waals surface area contributed by atoms with Crippen LogP contribution in [0.1, 0.15) is 22.6 Å². The van der Waals surface area contributed by atoms with E-state index in [1.807, 2.05) is 67.6 Å². The Morgan fingerprint density at radius 3 is 2.60 bits per heavy atom. The lowest BCUT2D eigenvalue weighted by Gasteiger charge is -2.27. The molecule has 0 amide bonds. The quantitative estimate of drug-likeness (QED) is 0.317. The summed E-state index contributed by atoms with van der Waals surface area (Å²) in [5.41, 5.74) is 9.14. The minimum Gasteiger partial charge on any atom is -0.482 e. The number of fused-ring (bicyclic) bond motifs is 2. The van der Waals surface area contributed by atoms with Gasteiger partial charge in [0, 0.05) is 11.6 Å². The zero-order chi connectivity index (χ0) is 24.4. The molecule has 1 heterocycles. The zero-order valence-corrected chi connectivity index (χ0v) is 19.0. The number of nitrogens with two attached hydrogens (primary N) is 1. The second-order valence-electron chi connectivity index (χ2n) is 8.22. The molecule has 0 saturated carbocycles. The van der Waals surface area contributed by atoms with E-state index in [0.717, 1.165) is 27.5 Å². The molecule has 0 bridgehead atoms. The Morgan fingerprint density at radius 2 is 1.77 bits per heavy atom. The Morgan fingerprint density at radius 1 is 1.00 bits per heavy atom. The highest BCUT2D eigenvalue weighted by molar-refractivity contribution is 5.87. The fraction of sp³-hybridized carbons (Fsp3) is 0.103. The number of nitriles is 1. The molecule has 1 unspecified atom stereocenters. The van der Waals surface area contributed by atoms with E-state index in [1.54, 1.807) is 24.3 Å². The maximum absolute atomic E-state index is 12.4. The predicted octanol–water partition coefficient (Wildman–Crippen LogP) is 5.35. The summed E-state index contributed by atoms with van der Waals surface area (Å²) in [6.07, 6.45) is 0. The van der Waals surface area contributed by atoms with E-state index in [-0.39, 0.29) is 12.5 Å². The SMILES string of the molecule is Cc1ccccc1OCC(=O)Oc1ccc2c(c1)OC(N)=C(C#N)C2c1cccc2ccccc12. The van der Waals surface area contributed by atoms with Gasteiger partial charge in [-0.05, 0) is 41.0 Å². The molecule has 6 nitrogen and oxygen atoms in total. The molecule has 35 heavy (non-hydrogen) atoms. The number of hydrogen-bond acceptors (Lipinski definition) is 6. The number of aryl methyl sites for hydroxylation is 1. The van der Waals surface area contributed by atoms with Crippen LogP contribution in [0.4, 0.5) is 0 Å². The maximum Gasteiger partial charge on any atom is 0.349 e. The highest BCUT2D eigenvalue weighted by Crippen LogP contribution is 2.45. The van der Waals surface area contributed by atoms with Gasteiger partial charge in [0.15, 0.2) is 6.61 Å². The first-order chi connectivity index (χ1) is 17.0. The minimum atomic E-state index is -0.546. The van der Waals surface area contributed by atoms with E-state index in [4.69, 9.17) is 19.9 Å². The summed E-state index contributed by atoms with van der Waals surface area (Å²) in [4.78, 5) is 12.4. The summed E-state index contributed by atoms with van der Waals surface area (Å²) >= 11 is 0. The van der Waals surface area contributed by atoms with Crippen molar-refractivity contribution in [2.45, 2.75) is 12.8 Å². The third-order valence-corrected chi connectivity index (χ3v) is 6.00. The van der Waals surface area contributed by atoms with E-state index in [9.17, 15) is 10.1 Å². The largest absolute Gasteiger partial charge is 0.482 e. The minimum absolute atomic E-state index is 0.0318. The Bertz CT molecular complexity index is 1510. The first-order valence-electron chi connectivity index (χ1n) is 11.1. The van der Waals surface area contributed by atoms with E-state index in [1.165, 1.54) is 0 Å². The van der Waals surface area contributed by atoms with Gasteiger partial charge in [-0.25, -0.2) is 4.79 Å². The number of nitrogens with zero attached hydrogens (tertiary/aromatic N) is 1. The van der Waals surface area contributed by atoms with Crippen molar-refractivity contribution >= 4 is 16.7 Å². The van der Waals surface area contributed by atoms with Crippen LogP contribution in [0.3, 0.4) is 0 Å². The molecule has 6 heteroatoms. The molecule has 1 aliphatic heterocycles. The lowest BCUT2D eigenvalue weighted by atomic mass is 9.81. The molecule has 0 radical (unpaired) electrons. The lowest BCUT2D eigenvalue weighted by molar-refractivity contribution is -0.136. The van der Waals surface area contributed by atoms with Gasteiger partial charge >= 0.3 is 5.97 Å². The van der Waals surface area contributed by atoms with Crippen molar-refractivity contribution in [1.29, 1.82) is 5.26 Å². The molecule has 4 aromatic carbocycles. The summed E-state index contributed by atoms with van der Waals surface area (Å²) < 4.78 is 16.8. The zero-order valence-electron chi connectivity index (χ0n) is 19.0. The molecule has 0 spiro atoms. The third-order valence-electron chi connectivity index (χ3n) is 6.00. The normalized spacial score (nSPS) is 14.6. The second-order valence-corrected chi connectivity index (χ2v) is 8.22. The standard InChI is InChI=1S/C29H22N2O4/c1-18-7-2-5-12-25(18)33-17-27(32)34-20-13-14-23-26(15-20)35-29(31)24(16-30)28(23)22-11-6-9-19-8-3-4-10-21(19)22/h2-15,28H,17,31H2,1H3. The number of carbonyl (C=O) groups excluding carboxylic acids is 1. The van der Waals surface area contributed by atoms with Crippen LogP contribution < -0.4 is 19.9 Å². The van der Waals surface area contributed by atoms with Crippen LogP contribution in [-0.4, -0.2) is 12.6 Å². The van der Waals surface area contributed by atoms with Gasteiger partial charge in [-0.15, -0.1) is 0 Å². The van der Waals surface area contributed by atoms with Gasteiger partial charge in [0.1, 0.15) is 28.9 Å². The molecule has 172 valence electrons. The highest BCUT2D eigenvalue weighted by atomic mass is 16.6. The fourth-order valence-corrected chi connectivity index (χ4v) is 4.34. The van der Waals surface area contributed by atoms with Crippen LogP contribution in [-0.2, 0) is 4.79 Å². The molecule has 0 fully saturated rings. The fourth-order valence-electron chi connectivity index (χ4n) is 4.34. The molecular weight excluding hydrogens is 440 g/mol. The van der Waals surface area contributed by atoms with Gasteiger partial charge in [0.2, 0.25) is 5.88 Å². The summed E-state index contributed by atoms with van der Waals surface area (Å²) in [6.45, 7) is 1.67. The van der Waals surface area contributed by atoms with Gasteiger partial charge in [0.25, 0.3) is 0 Å². The molecule has 2 N–H and O–H groups in total. The van der Waals surface area contributed by atoms with Crippen molar-refractivity contribution in [3.63, 3.8) is 0 Å². The van der Waals surface area contributed by atoms with Crippen molar-refractivity contribution in [2.75, 3.05) is 6.61 Å². The second kappa shape index (κ2) is 9.24. The Kier molecular flexibility index (Phi) is 5.82. The van der Waals surface area contributed by atoms with E-state index < -0.39 is 11.9 Å². The van der Waals surface area contributed by atoms with Crippen molar-refractivity contribution in [3.8, 4) is 23.3 Å². The topological polar surface area (TPSA) is 94.6 Å².